The molecule has 0 bridgehead atoms. The van der Waals surface area contributed by atoms with E-state index in [1.54, 1.807) is 16.4 Å². The summed E-state index contributed by atoms with van der Waals surface area (Å²) in [5, 5.41) is 0. The Kier molecular flexibility index (Phi) is 6.51. The van der Waals surface area contributed by atoms with Gasteiger partial charge >= 0.3 is 5.97 Å². The predicted octanol–water partition coefficient (Wildman–Crippen LogP) is 3.20. The van der Waals surface area contributed by atoms with Gasteiger partial charge in [0.1, 0.15) is 0 Å². The molecule has 0 radical (unpaired) electrons. The first-order valence-corrected chi connectivity index (χ1v) is 12.7. The number of ether oxygens (including phenoxy) is 1. The highest BCUT2D eigenvalue weighted by Crippen LogP contribution is 2.45. The maximum absolute atomic E-state index is 13.7. The second-order valence-corrected chi connectivity index (χ2v) is 11.0. The zero-order chi connectivity index (χ0) is 21.3. The van der Waals surface area contributed by atoms with Crippen LogP contribution in [-0.2, 0) is 19.6 Å². The molecule has 30 heavy (non-hydrogen) atoms. The van der Waals surface area contributed by atoms with E-state index in [1.165, 1.54) is 7.11 Å². The summed E-state index contributed by atoms with van der Waals surface area (Å²) >= 11 is 0. The molecule has 1 aromatic rings. The lowest BCUT2D eigenvalue weighted by Crippen LogP contribution is -2.65. The fourth-order valence-electron chi connectivity index (χ4n) is 5.99. The predicted molar refractivity (Wildman–Crippen MR) is 116 cm³/mol. The molecule has 4 rings (SSSR count). The van der Waals surface area contributed by atoms with Crippen molar-refractivity contribution in [3.63, 3.8) is 0 Å². The normalized spacial score (nSPS) is 29.9. The van der Waals surface area contributed by atoms with Gasteiger partial charge < -0.3 is 4.74 Å². The molecule has 6 nitrogen and oxygen atoms in total. The molecule has 0 unspecified atom stereocenters. The standard InChI is InChI=1S/C23H34N2O4S/c1-17-10-12-19(13-11-17)30(27,28)25-16-18-6-4-14-24-15-5-7-20(23(18)24)21(25)8-3-9-22(26)29-2/h10-13,18,20-21,23H,3-9,14-16H2,1-2H3/t18-,20-,21-,23+/m1/s1. The number of carbonyl (C=O) groups excluding carboxylic acids is 1. The Hall–Kier alpha value is -1.44. The number of aryl methyl sites for hydroxylation is 1. The molecule has 4 atom stereocenters. The number of hydrogen-bond acceptors (Lipinski definition) is 5. The summed E-state index contributed by atoms with van der Waals surface area (Å²) in [4.78, 5) is 14.7. The SMILES string of the molecule is COC(=O)CCC[C@@H]1[C@H]2CCCN3CCC[C@H](CN1S(=O)(=O)c1ccc(C)cc1)[C@@H]23. The van der Waals surface area contributed by atoms with E-state index in [0.717, 1.165) is 44.3 Å². The third kappa shape index (κ3) is 4.16. The summed E-state index contributed by atoms with van der Waals surface area (Å²) < 4.78 is 34.0. The number of piperidine rings is 3. The van der Waals surface area contributed by atoms with Crippen molar-refractivity contribution < 1.29 is 17.9 Å². The highest BCUT2D eigenvalue weighted by atomic mass is 32.2. The lowest BCUT2D eigenvalue weighted by Gasteiger charge is -2.57. The minimum atomic E-state index is -3.57. The molecule has 0 aliphatic carbocycles. The van der Waals surface area contributed by atoms with Crippen LogP contribution in [0.1, 0.15) is 50.5 Å². The van der Waals surface area contributed by atoms with Crippen LogP contribution in [0.25, 0.3) is 0 Å². The maximum atomic E-state index is 13.7. The average Bonchev–Trinajstić information content (AvgIpc) is 2.75. The molecule has 3 saturated heterocycles. The van der Waals surface area contributed by atoms with Gasteiger partial charge in [0.15, 0.2) is 0 Å². The third-order valence-corrected chi connectivity index (χ3v) is 9.27. The number of carbonyl (C=O) groups is 1. The number of esters is 1. The first-order valence-electron chi connectivity index (χ1n) is 11.3. The molecule has 3 heterocycles. The maximum Gasteiger partial charge on any atom is 0.305 e. The number of rotatable bonds is 6. The van der Waals surface area contributed by atoms with Crippen LogP contribution in [-0.4, -0.2) is 62.4 Å². The van der Waals surface area contributed by atoms with Crippen molar-refractivity contribution >= 4 is 16.0 Å². The lowest BCUT2D eigenvalue weighted by atomic mass is 9.70. The van der Waals surface area contributed by atoms with Gasteiger partial charge in [-0.25, -0.2) is 8.42 Å². The van der Waals surface area contributed by atoms with Gasteiger partial charge in [0, 0.05) is 25.0 Å². The van der Waals surface area contributed by atoms with Crippen LogP contribution >= 0.6 is 0 Å². The van der Waals surface area contributed by atoms with Crippen molar-refractivity contribution in [3.05, 3.63) is 29.8 Å². The van der Waals surface area contributed by atoms with Crippen LogP contribution in [0, 0.1) is 18.8 Å². The van der Waals surface area contributed by atoms with Crippen LogP contribution < -0.4 is 0 Å². The summed E-state index contributed by atoms with van der Waals surface area (Å²) in [6.07, 6.45) is 6.16. The topological polar surface area (TPSA) is 66.9 Å². The van der Waals surface area contributed by atoms with E-state index < -0.39 is 10.0 Å². The highest BCUT2D eigenvalue weighted by Gasteiger charge is 2.51. The van der Waals surface area contributed by atoms with E-state index in [0.29, 0.717) is 48.6 Å². The second kappa shape index (κ2) is 8.97. The van der Waals surface area contributed by atoms with Gasteiger partial charge in [0.05, 0.1) is 12.0 Å². The van der Waals surface area contributed by atoms with Crippen LogP contribution in [0.3, 0.4) is 0 Å². The molecule has 3 aliphatic heterocycles. The minimum absolute atomic E-state index is 0.0527. The Morgan fingerprint density at radius 1 is 1.13 bits per heavy atom. The molecule has 166 valence electrons. The largest absolute Gasteiger partial charge is 0.469 e. The van der Waals surface area contributed by atoms with Crippen molar-refractivity contribution in [3.8, 4) is 0 Å². The fourth-order valence-corrected chi connectivity index (χ4v) is 7.75. The highest BCUT2D eigenvalue weighted by molar-refractivity contribution is 7.89. The van der Waals surface area contributed by atoms with Crippen LogP contribution in [0.15, 0.2) is 29.2 Å². The molecule has 7 heteroatoms. The molecule has 0 saturated carbocycles. The van der Waals surface area contributed by atoms with E-state index in [4.69, 9.17) is 4.74 Å². The monoisotopic (exact) mass is 434 g/mol. The summed E-state index contributed by atoms with van der Waals surface area (Å²) in [7, 11) is -2.17. The van der Waals surface area contributed by atoms with Crippen molar-refractivity contribution in [1.82, 2.24) is 9.21 Å². The molecule has 3 aliphatic rings. The van der Waals surface area contributed by atoms with Crippen molar-refractivity contribution in [2.75, 3.05) is 26.7 Å². The van der Waals surface area contributed by atoms with Crippen molar-refractivity contribution in [2.24, 2.45) is 11.8 Å². The first-order chi connectivity index (χ1) is 14.4. The number of hydrogen-bond donors (Lipinski definition) is 0. The third-order valence-electron chi connectivity index (χ3n) is 7.36. The molecule has 1 aromatic carbocycles. The van der Waals surface area contributed by atoms with E-state index in [-0.39, 0.29) is 12.0 Å². The Labute approximate surface area is 180 Å². The molecular weight excluding hydrogens is 400 g/mol. The number of sulfonamides is 1. The molecule has 0 amide bonds. The Morgan fingerprint density at radius 2 is 1.83 bits per heavy atom. The zero-order valence-electron chi connectivity index (χ0n) is 18.1. The van der Waals surface area contributed by atoms with E-state index in [9.17, 15) is 13.2 Å². The lowest BCUT2D eigenvalue weighted by molar-refractivity contribution is -0.140. The van der Waals surface area contributed by atoms with Crippen molar-refractivity contribution in [2.45, 2.75) is 68.8 Å². The van der Waals surface area contributed by atoms with Gasteiger partial charge in [-0.1, -0.05) is 17.7 Å². The van der Waals surface area contributed by atoms with Crippen LogP contribution in [0.5, 0.6) is 0 Å². The van der Waals surface area contributed by atoms with E-state index >= 15 is 0 Å². The van der Waals surface area contributed by atoms with Gasteiger partial charge in [0.2, 0.25) is 10.0 Å². The molecule has 0 spiro atoms. The van der Waals surface area contributed by atoms with Crippen molar-refractivity contribution in [1.29, 1.82) is 0 Å². The smallest absolute Gasteiger partial charge is 0.305 e. The second-order valence-electron chi connectivity index (χ2n) is 9.16. The molecular formula is C23H34N2O4S. The number of nitrogens with zero attached hydrogens (tertiary/aromatic N) is 2. The Bertz CT molecular complexity index is 852. The van der Waals surface area contributed by atoms with Gasteiger partial charge in [-0.2, -0.15) is 4.31 Å². The average molecular weight is 435 g/mol. The Balaban J connectivity index is 1.65. The molecule has 0 N–H and O–H groups in total. The van der Waals surface area contributed by atoms with Crippen LogP contribution in [0.4, 0.5) is 0 Å². The summed E-state index contributed by atoms with van der Waals surface area (Å²) in [5.41, 5.74) is 1.05. The van der Waals surface area contributed by atoms with E-state index in [2.05, 4.69) is 4.90 Å². The Morgan fingerprint density at radius 3 is 2.53 bits per heavy atom. The minimum Gasteiger partial charge on any atom is -0.469 e. The molecule has 3 fully saturated rings. The first kappa shape index (κ1) is 21.8. The zero-order valence-corrected chi connectivity index (χ0v) is 18.9. The summed E-state index contributed by atoms with van der Waals surface area (Å²) in [6, 6.07) is 7.64. The summed E-state index contributed by atoms with van der Waals surface area (Å²) in [6.45, 7) is 4.83. The van der Waals surface area contributed by atoms with Gasteiger partial charge in [-0.15, -0.1) is 0 Å². The quantitative estimate of drug-likeness (QED) is 0.643. The van der Waals surface area contributed by atoms with Crippen LogP contribution in [0.2, 0.25) is 0 Å². The van der Waals surface area contributed by atoms with Gasteiger partial charge in [-0.05, 0) is 82.5 Å². The fraction of sp³-hybridized carbons (Fsp3) is 0.696. The van der Waals surface area contributed by atoms with Gasteiger partial charge in [-0.3, -0.25) is 9.69 Å². The molecule has 0 aromatic heterocycles. The number of benzene rings is 1. The summed E-state index contributed by atoms with van der Waals surface area (Å²) in [5.74, 6) is 0.524. The number of methoxy groups -OCH3 is 1. The van der Waals surface area contributed by atoms with Gasteiger partial charge in [0.25, 0.3) is 0 Å². The van der Waals surface area contributed by atoms with E-state index in [1.807, 2.05) is 19.1 Å².